The molecule has 2 saturated heterocycles. The van der Waals surface area contributed by atoms with Crippen molar-refractivity contribution in [3.05, 3.63) is 52.5 Å². The Balaban J connectivity index is 1.43. The van der Waals surface area contributed by atoms with Crippen molar-refractivity contribution in [3.8, 4) is 0 Å². The molecule has 0 atom stereocenters. The molecule has 0 saturated carbocycles. The number of anilines is 3. The molecule has 0 unspecified atom stereocenters. The molecule has 29 heavy (non-hydrogen) atoms. The first kappa shape index (κ1) is 19.9. The summed E-state index contributed by atoms with van der Waals surface area (Å²) in [5.74, 6) is 0.100. The molecule has 0 aromatic heterocycles. The first-order valence-corrected chi connectivity index (χ1v) is 10.7. The summed E-state index contributed by atoms with van der Waals surface area (Å²) >= 11 is 3.50. The van der Waals surface area contributed by atoms with Gasteiger partial charge in [0.25, 0.3) is 0 Å². The SMILES string of the molecule is O=C(Cc1ccc(N2CCCC2=O)cc1)Nc1cc(Br)ccc1N1CCOCC1. The van der Waals surface area contributed by atoms with Crippen molar-refractivity contribution in [1.82, 2.24) is 0 Å². The first-order chi connectivity index (χ1) is 14.1. The largest absolute Gasteiger partial charge is 0.378 e. The summed E-state index contributed by atoms with van der Waals surface area (Å²) < 4.78 is 6.36. The van der Waals surface area contributed by atoms with Gasteiger partial charge in [0.05, 0.1) is 31.0 Å². The van der Waals surface area contributed by atoms with Gasteiger partial charge in [-0.3, -0.25) is 9.59 Å². The minimum atomic E-state index is -0.0670. The van der Waals surface area contributed by atoms with Crippen molar-refractivity contribution in [2.24, 2.45) is 0 Å². The Kier molecular flexibility index (Phi) is 6.16. The van der Waals surface area contributed by atoms with E-state index in [1.807, 2.05) is 42.5 Å². The standard InChI is InChI=1S/C22H24BrN3O3/c23-17-5-8-20(25-10-12-29-13-11-25)19(15-17)24-21(27)14-16-3-6-18(7-4-16)26-9-1-2-22(26)28/h3-8,15H,1-2,9-14H2,(H,24,27). The molecule has 152 valence electrons. The van der Waals surface area contributed by atoms with Gasteiger partial charge in [0.15, 0.2) is 0 Å². The van der Waals surface area contributed by atoms with Gasteiger partial charge in [0.2, 0.25) is 11.8 Å². The molecule has 2 aliphatic heterocycles. The number of ether oxygens (including phenoxy) is 1. The number of hydrogen-bond acceptors (Lipinski definition) is 4. The van der Waals surface area contributed by atoms with Gasteiger partial charge >= 0.3 is 0 Å². The van der Waals surface area contributed by atoms with E-state index in [4.69, 9.17) is 4.74 Å². The maximum absolute atomic E-state index is 12.7. The highest BCUT2D eigenvalue weighted by atomic mass is 79.9. The molecule has 2 fully saturated rings. The number of nitrogens with zero attached hydrogens (tertiary/aromatic N) is 2. The Bertz CT molecular complexity index is 895. The number of rotatable bonds is 5. The molecular formula is C22H24BrN3O3. The van der Waals surface area contributed by atoms with Crippen LogP contribution in [-0.4, -0.2) is 44.7 Å². The van der Waals surface area contributed by atoms with Gasteiger partial charge in [0.1, 0.15) is 0 Å². The second kappa shape index (κ2) is 8.97. The van der Waals surface area contributed by atoms with Gasteiger partial charge in [-0.05, 0) is 42.3 Å². The van der Waals surface area contributed by atoms with E-state index in [-0.39, 0.29) is 18.2 Å². The Hall–Kier alpha value is -2.38. The van der Waals surface area contributed by atoms with E-state index in [0.717, 1.165) is 53.2 Å². The fourth-order valence-corrected chi connectivity index (χ4v) is 4.14. The number of morpholine rings is 1. The van der Waals surface area contributed by atoms with Crippen LogP contribution in [0.25, 0.3) is 0 Å². The molecule has 2 amide bonds. The maximum Gasteiger partial charge on any atom is 0.228 e. The third-order valence-corrected chi connectivity index (χ3v) is 5.76. The lowest BCUT2D eigenvalue weighted by Crippen LogP contribution is -2.36. The smallest absolute Gasteiger partial charge is 0.228 e. The summed E-state index contributed by atoms with van der Waals surface area (Å²) in [6.07, 6.45) is 1.80. The van der Waals surface area contributed by atoms with Crippen molar-refractivity contribution in [3.63, 3.8) is 0 Å². The Labute approximate surface area is 178 Å². The predicted octanol–water partition coefficient (Wildman–Crippen LogP) is 3.59. The molecule has 4 rings (SSSR count). The van der Waals surface area contributed by atoms with Gasteiger partial charge in [-0.1, -0.05) is 28.1 Å². The zero-order valence-electron chi connectivity index (χ0n) is 16.2. The van der Waals surface area contributed by atoms with Crippen molar-refractivity contribution >= 4 is 44.8 Å². The number of amides is 2. The topological polar surface area (TPSA) is 61.9 Å². The number of nitrogens with one attached hydrogen (secondary N) is 1. The molecule has 7 heteroatoms. The summed E-state index contributed by atoms with van der Waals surface area (Å²) in [5.41, 5.74) is 3.62. The van der Waals surface area contributed by atoms with E-state index in [1.165, 1.54) is 0 Å². The molecule has 0 spiro atoms. The van der Waals surface area contributed by atoms with Crippen LogP contribution in [0.5, 0.6) is 0 Å². The van der Waals surface area contributed by atoms with Crippen LogP contribution < -0.4 is 15.1 Å². The van der Waals surface area contributed by atoms with Gasteiger partial charge < -0.3 is 19.9 Å². The molecule has 0 bridgehead atoms. The van der Waals surface area contributed by atoms with Crippen LogP contribution in [0.4, 0.5) is 17.1 Å². The Morgan fingerprint density at radius 2 is 1.83 bits per heavy atom. The van der Waals surface area contributed by atoms with Gasteiger partial charge in [0, 0.05) is 36.2 Å². The molecule has 0 radical (unpaired) electrons. The summed E-state index contributed by atoms with van der Waals surface area (Å²) in [4.78, 5) is 28.6. The number of carbonyl (C=O) groups is 2. The number of hydrogen-bond donors (Lipinski definition) is 1. The molecule has 2 heterocycles. The monoisotopic (exact) mass is 457 g/mol. The summed E-state index contributed by atoms with van der Waals surface area (Å²) in [7, 11) is 0. The highest BCUT2D eigenvalue weighted by Gasteiger charge is 2.21. The van der Waals surface area contributed by atoms with Gasteiger partial charge in [-0.2, -0.15) is 0 Å². The Morgan fingerprint density at radius 3 is 2.52 bits per heavy atom. The first-order valence-electron chi connectivity index (χ1n) is 9.91. The van der Waals surface area contributed by atoms with Gasteiger partial charge in [-0.15, -0.1) is 0 Å². The van der Waals surface area contributed by atoms with E-state index >= 15 is 0 Å². The molecule has 2 aliphatic rings. The molecule has 2 aromatic carbocycles. The van der Waals surface area contributed by atoms with E-state index < -0.39 is 0 Å². The lowest BCUT2D eigenvalue weighted by molar-refractivity contribution is -0.117. The second-order valence-corrected chi connectivity index (χ2v) is 8.22. The summed E-state index contributed by atoms with van der Waals surface area (Å²) in [6, 6.07) is 13.6. The zero-order valence-corrected chi connectivity index (χ0v) is 17.8. The van der Waals surface area contributed by atoms with Gasteiger partial charge in [-0.25, -0.2) is 0 Å². The quantitative estimate of drug-likeness (QED) is 0.744. The van der Waals surface area contributed by atoms with Crippen molar-refractivity contribution < 1.29 is 14.3 Å². The minimum absolute atomic E-state index is 0.0670. The molecule has 0 aliphatic carbocycles. The van der Waals surface area contributed by atoms with Crippen LogP contribution in [0, 0.1) is 0 Å². The van der Waals surface area contributed by atoms with Crippen molar-refractivity contribution in [1.29, 1.82) is 0 Å². The van der Waals surface area contributed by atoms with Crippen LogP contribution in [0.2, 0.25) is 0 Å². The van der Waals surface area contributed by atoms with Crippen molar-refractivity contribution in [2.75, 3.05) is 48.0 Å². The highest BCUT2D eigenvalue weighted by Crippen LogP contribution is 2.30. The van der Waals surface area contributed by atoms with Crippen LogP contribution >= 0.6 is 15.9 Å². The summed E-state index contributed by atoms with van der Waals surface area (Å²) in [5, 5.41) is 3.06. The predicted molar refractivity (Wildman–Crippen MR) is 118 cm³/mol. The van der Waals surface area contributed by atoms with Crippen LogP contribution in [0.3, 0.4) is 0 Å². The zero-order chi connectivity index (χ0) is 20.2. The van der Waals surface area contributed by atoms with E-state index in [2.05, 4.69) is 26.1 Å². The molecular weight excluding hydrogens is 434 g/mol. The molecule has 1 N–H and O–H groups in total. The van der Waals surface area contributed by atoms with Crippen LogP contribution in [0.15, 0.2) is 46.9 Å². The fraction of sp³-hybridized carbons (Fsp3) is 0.364. The fourth-order valence-electron chi connectivity index (χ4n) is 3.78. The molecule has 6 nitrogen and oxygen atoms in total. The number of halogens is 1. The Morgan fingerprint density at radius 1 is 1.07 bits per heavy atom. The van der Waals surface area contributed by atoms with E-state index in [9.17, 15) is 9.59 Å². The van der Waals surface area contributed by atoms with E-state index in [1.54, 1.807) is 4.90 Å². The van der Waals surface area contributed by atoms with Crippen LogP contribution in [0.1, 0.15) is 18.4 Å². The lowest BCUT2D eigenvalue weighted by Gasteiger charge is -2.30. The molecule has 2 aromatic rings. The third kappa shape index (κ3) is 4.79. The average molecular weight is 458 g/mol. The van der Waals surface area contributed by atoms with Crippen LogP contribution in [-0.2, 0) is 20.7 Å². The lowest BCUT2D eigenvalue weighted by atomic mass is 10.1. The number of benzene rings is 2. The normalized spacial score (nSPS) is 16.9. The average Bonchev–Trinajstić information content (AvgIpc) is 3.15. The summed E-state index contributed by atoms with van der Waals surface area (Å²) in [6.45, 7) is 3.76. The number of carbonyl (C=O) groups excluding carboxylic acids is 2. The minimum Gasteiger partial charge on any atom is -0.378 e. The highest BCUT2D eigenvalue weighted by molar-refractivity contribution is 9.10. The van der Waals surface area contributed by atoms with E-state index in [0.29, 0.717) is 19.6 Å². The third-order valence-electron chi connectivity index (χ3n) is 5.27. The second-order valence-electron chi connectivity index (χ2n) is 7.30. The maximum atomic E-state index is 12.7. The van der Waals surface area contributed by atoms with Crippen molar-refractivity contribution in [2.45, 2.75) is 19.3 Å².